The van der Waals surface area contributed by atoms with Crippen LogP contribution in [0.4, 0.5) is 0 Å². The fourth-order valence-corrected chi connectivity index (χ4v) is 2.75. The van der Waals surface area contributed by atoms with Crippen LogP contribution in [0.2, 0.25) is 0 Å². The van der Waals surface area contributed by atoms with E-state index in [1.54, 1.807) is 7.05 Å². The molecule has 1 aromatic heterocycles. The first kappa shape index (κ1) is 16.6. The van der Waals surface area contributed by atoms with Gasteiger partial charge >= 0.3 is 0 Å². The molecule has 1 saturated heterocycles. The minimum atomic E-state index is 0.150. The molecule has 1 N–H and O–H groups in total. The highest BCUT2D eigenvalue weighted by molar-refractivity contribution is 5.78. The molecule has 0 aliphatic carbocycles. The number of nitrogens with one attached hydrogen (secondary N) is 1. The Labute approximate surface area is 141 Å². The van der Waals surface area contributed by atoms with Gasteiger partial charge in [0.05, 0.1) is 13.1 Å². The molecule has 128 valence electrons. The Morgan fingerprint density at radius 3 is 2.58 bits per heavy atom. The lowest BCUT2D eigenvalue weighted by Crippen LogP contribution is -2.50. The summed E-state index contributed by atoms with van der Waals surface area (Å²) in [6, 6.07) is 8.06. The van der Waals surface area contributed by atoms with Crippen LogP contribution in [0, 0.1) is 6.92 Å². The second kappa shape index (κ2) is 7.55. The van der Waals surface area contributed by atoms with E-state index in [1.807, 2.05) is 36.1 Å². The van der Waals surface area contributed by atoms with Crippen LogP contribution in [0.1, 0.15) is 11.5 Å². The SMILES string of the molecule is CNCC(=O)N1CCN(Cc2nc(-c3ccc(C)cc3)no2)CC1. The van der Waals surface area contributed by atoms with Crippen molar-refractivity contribution in [2.24, 2.45) is 0 Å². The number of hydrogen-bond donors (Lipinski definition) is 1. The molecule has 1 aliphatic rings. The smallest absolute Gasteiger partial charge is 0.241 e. The summed E-state index contributed by atoms with van der Waals surface area (Å²) in [5.74, 6) is 1.38. The van der Waals surface area contributed by atoms with Gasteiger partial charge in [0.2, 0.25) is 17.6 Å². The van der Waals surface area contributed by atoms with Gasteiger partial charge in [0.1, 0.15) is 0 Å². The van der Waals surface area contributed by atoms with E-state index < -0.39 is 0 Å². The summed E-state index contributed by atoms with van der Waals surface area (Å²) in [5.41, 5.74) is 2.16. The number of carbonyl (C=O) groups is 1. The molecular weight excluding hydrogens is 306 g/mol. The number of benzene rings is 1. The third-order valence-electron chi connectivity index (χ3n) is 4.19. The zero-order valence-electron chi connectivity index (χ0n) is 14.2. The summed E-state index contributed by atoms with van der Waals surface area (Å²) >= 11 is 0. The van der Waals surface area contributed by atoms with E-state index in [1.165, 1.54) is 5.56 Å². The van der Waals surface area contributed by atoms with Crippen molar-refractivity contribution in [1.82, 2.24) is 25.3 Å². The molecular formula is C17H23N5O2. The number of aromatic nitrogens is 2. The third-order valence-corrected chi connectivity index (χ3v) is 4.19. The average Bonchev–Trinajstić information content (AvgIpc) is 3.05. The van der Waals surface area contributed by atoms with Crippen LogP contribution >= 0.6 is 0 Å². The topological polar surface area (TPSA) is 74.5 Å². The lowest BCUT2D eigenvalue weighted by molar-refractivity contribution is -0.131. The molecule has 0 spiro atoms. The summed E-state index contributed by atoms with van der Waals surface area (Å²) in [7, 11) is 1.79. The van der Waals surface area contributed by atoms with Crippen LogP contribution in [0.3, 0.4) is 0 Å². The summed E-state index contributed by atoms with van der Waals surface area (Å²) in [6.45, 7) is 6.16. The van der Waals surface area contributed by atoms with Crippen LogP contribution in [0.25, 0.3) is 11.4 Å². The molecule has 0 radical (unpaired) electrons. The standard InChI is InChI=1S/C17H23N5O2/c1-13-3-5-14(6-4-13)17-19-15(24-20-17)12-21-7-9-22(10-8-21)16(23)11-18-2/h3-6,18H,7-12H2,1-2H3. The molecule has 0 unspecified atom stereocenters. The summed E-state index contributed by atoms with van der Waals surface area (Å²) < 4.78 is 5.37. The quantitative estimate of drug-likeness (QED) is 0.879. The van der Waals surface area contributed by atoms with Gasteiger partial charge in [-0.25, -0.2) is 0 Å². The van der Waals surface area contributed by atoms with Gasteiger partial charge in [-0.15, -0.1) is 0 Å². The molecule has 7 nitrogen and oxygen atoms in total. The number of hydrogen-bond acceptors (Lipinski definition) is 6. The Balaban J connectivity index is 1.54. The van der Waals surface area contributed by atoms with Gasteiger partial charge in [-0.1, -0.05) is 35.0 Å². The van der Waals surface area contributed by atoms with Crippen molar-refractivity contribution in [2.75, 3.05) is 39.8 Å². The van der Waals surface area contributed by atoms with Gasteiger partial charge in [0, 0.05) is 31.7 Å². The minimum absolute atomic E-state index is 0.150. The molecule has 2 aromatic rings. The highest BCUT2D eigenvalue weighted by Gasteiger charge is 2.22. The number of piperazine rings is 1. The lowest BCUT2D eigenvalue weighted by Gasteiger charge is -2.33. The molecule has 2 heterocycles. The fourth-order valence-electron chi connectivity index (χ4n) is 2.75. The number of carbonyl (C=O) groups excluding carboxylic acids is 1. The van der Waals surface area contributed by atoms with Crippen molar-refractivity contribution in [3.8, 4) is 11.4 Å². The van der Waals surface area contributed by atoms with E-state index in [9.17, 15) is 4.79 Å². The van der Waals surface area contributed by atoms with E-state index in [0.717, 1.165) is 31.7 Å². The van der Waals surface area contributed by atoms with Gasteiger partial charge in [-0.05, 0) is 14.0 Å². The second-order valence-corrected chi connectivity index (χ2v) is 6.07. The van der Waals surface area contributed by atoms with Crippen LogP contribution in [-0.4, -0.2) is 65.6 Å². The monoisotopic (exact) mass is 329 g/mol. The van der Waals surface area contributed by atoms with Gasteiger partial charge in [-0.3, -0.25) is 9.69 Å². The minimum Gasteiger partial charge on any atom is -0.339 e. The molecule has 0 atom stereocenters. The molecule has 1 aliphatic heterocycles. The first-order valence-corrected chi connectivity index (χ1v) is 8.20. The summed E-state index contributed by atoms with van der Waals surface area (Å²) in [4.78, 5) is 20.4. The zero-order chi connectivity index (χ0) is 16.9. The van der Waals surface area contributed by atoms with Crippen molar-refractivity contribution in [3.63, 3.8) is 0 Å². The van der Waals surface area contributed by atoms with Gasteiger partial charge in [-0.2, -0.15) is 4.98 Å². The van der Waals surface area contributed by atoms with Gasteiger partial charge in [0.25, 0.3) is 0 Å². The number of aryl methyl sites for hydroxylation is 1. The van der Waals surface area contributed by atoms with E-state index >= 15 is 0 Å². The maximum Gasteiger partial charge on any atom is 0.241 e. The largest absolute Gasteiger partial charge is 0.339 e. The number of amides is 1. The Morgan fingerprint density at radius 1 is 1.21 bits per heavy atom. The van der Waals surface area contributed by atoms with Crippen LogP contribution in [0.5, 0.6) is 0 Å². The average molecular weight is 329 g/mol. The third kappa shape index (κ3) is 3.98. The van der Waals surface area contributed by atoms with Gasteiger partial charge in [0.15, 0.2) is 0 Å². The molecule has 1 aromatic carbocycles. The molecule has 1 fully saturated rings. The first-order valence-electron chi connectivity index (χ1n) is 8.20. The van der Waals surface area contributed by atoms with Crippen LogP contribution < -0.4 is 5.32 Å². The summed E-state index contributed by atoms with van der Waals surface area (Å²) in [5, 5.41) is 6.96. The van der Waals surface area contributed by atoms with E-state index in [-0.39, 0.29) is 5.91 Å². The molecule has 0 bridgehead atoms. The van der Waals surface area contributed by atoms with Crippen LogP contribution in [-0.2, 0) is 11.3 Å². The molecule has 3 rings (SSSR count). The highest BCUT2D eigenvalue weighted by Crippen LogP contribution is 2.17. The predicted octanol–water partition coefficient (Wildman–Crippen LogP) is 0.909. The Bertz CT molecular complexity index is 675. The molecule has 1 amide bonds. The van der Waals surface area contributed by atoms with Crippen molar-refractivity contribution in [1.29, 1.82) is 0 Å². The second-order valence-electron chi connectivity index (χ2n) is 6.07. The zero-order valence-corrected chi connectivity index (χ0v) is 14.2. The number of likely N-dealkylation sites (N-methyl/N-ethyl adjacent to an activating group) is 1. The Morgan fingerprint density at radius 2 is 1.92 bits per heavy atom. The van der Waals surface area contributed by atoms with Crippen molar-refractivity contribution >= 4 is 5.91 Å². The maximum atomic E-state index is 11.9. The van der Waals surface area contributed by atoms with Gasteiger partial charge < -0.3 is 14.7 Å². The maximum absolute atomic E-state index is 11.9. The molecule has 7 heteroatoms. The van der Waals surface area contributed by atoms with Crippen LogP contribution in [0.15, 0.2) is 28.8 Å². The lowest BCUT2D eigenvalue weighted by atomic mass is 10.1. The van der Waals surface area contributed by atoms with Crippen molar-refractivity contribution < 1.29 is 9.32 Å². The van der Waals surface area contributed by atoms with E-state index in [4.69, 9.17) is 4.52 Å². The first-order chi connectivity index (χ1) is 11.7. The van der Waals surface area contributed by atoms with E-state index in [0.29, 0.717) is 24.8 Å². The summed E-state index contributed by atoms with van der Waals surface area (Å²) in [6.07, 6.45) is 0. The molecule has 0 saturated carbocycles. The van der Waals surface area contributed by atoms with E-state index in [2.05, 4.69) is 20.4 Å². The van der Waals surface area contributed by atoms with Crippen molar-refractivity contribution in [2.45, 2.75) is 13.5 Å². The highest BCUT2D eigenvalue weighted by atomic mass is 16.5. The number of nitrogens with zero attached hydrogens (tertiary/aromatic N) is 4. The molecule has 24 heavy (non-hydrogen) atoms. The Kier molecular flexibility index (Phi) is 5.22. The normalized spacial score (nSPS) is 15.7. The number of rotatable bonds is 5. The predicted molar refractivity (Wildman–Crippen MR) is 90.3 cm³/mol. The van der Waals surface area contributed by atoms with Crippen molar-refractivity contribution in [3.05, 3.63) is 35.7 Å². The Hall–Kier alpha value is -2.25. The fraction of sp³-hybridized carbons (Fsp3) is 0.471.